The van der Waals surface area contributed by atoms with E-state index in [1.165, 1.54) is 5.56 Å². The van der Waals surface area contributed by atoms with Crippen molar-refractivity contribution in [1.82, 2.24) is 14.8 Å². The fraction of sp³-hybridized carbons (Fsp3) is 0.333. The van der Waals surface area contributed by atoms with E-state index < -0.39 is 0 Å². The predicted octanol–water partition coefficient (Wildman–Crippen LogP) is 3.43. The molecule has 0 saturated heterocycles. The van der Waals surface area contributed by atoms with Crippen LogP contribution in [-0.2, 0) is 0 Å². The molecule has 0 radical (unpaired) electrons. The first-order valence-electron chi connectivity index (χ1n) is 5.36. The van der Waals surface area contributed by atoms with Crippen LogP contribution in [0.2, 0.25) is 5.02 Å². The SMILES string of the molecule is CCC(C)c1ccc(-n2cnnc2)cc1Cl. The topological polar surface area (TPSA) is 30.7 Å². The molecule has 84 valence electrons. The molecule has 16 heavy (non-hydrogen) atoms. The van der Waals surface area contributed by atoms with Crippen LogP contribution < -0.4 is 0 Å². The summed E-state index contributed by atoms with van der Waals surface area (Å²) in [7, 11) is 0. The zero-order valence-electron chi connectivity index (χ0n) is 9.39. The van der Waals surface area contributed by atoms with Gasteiger partial charge in [0.1, 0.15) is 12.7 Å². The van der Waals surface area contributed by atoms with Gasteiger partial charge >= 0.3 is 0 Å². The van der Waals surface area contributed by atoms with Crippen molar-refractivity contribution in [3.05, 3.63) is 41.4 Å². The van der Waals surface area contributed by atoms with Crippen LogP contribution in [-0.4, -0.2) is 14.8 Å². The van der Waals surface area contributed by atoms with Gasteiger partial charge in [0.2, 0.25) is 0 Å². The van der Waals surface area contributed by atoms with Gasteiger partial charge in [0, 0.05) is 10.7 Å². The number of hydrogen-bond donors (Lipinski definition) is 0. The second kappa shape index (κ2) is 4.66. The van der Waals surface area contributed by atoms with E-state index in [-0.39, 0.29) is 0 Å². The minimum absolute atomic E-state index is 0.488. The van der Waals surface area contributed by atoms with Crippen LogP contribution >= 0.6 is 11.6 Å². The highest BCUT2D eigenvalue weighted by Gasteiger charge is 2.08. The van der Waals surface area contributed by atoms with Gasteiger partial charge in [-0.2, -0.15) is 0 Å². The van der Waals surface area contributed by atoms with E-state index in [1.54, 1.807) is 12.7 Å². The molecule has 0 aliphatic carbocycles. The Morgan fingerprint density at radius 2 is 2.00 bits per heavy atom. The maximum atomic E-state index is 6.27. The van der Waals surface area contributed by atoms with Gasteiger partial charge in [-0.3, -0.25) is 4.57 Å². The molecule has 1 aromatic heterocycles. The standard InChI is InChI=1S/C12H14ClN3/c1-3-9(2)11-5-4-10(6-12(11)13)16-7-14-15-8-16/h4-9H,3H2,1-2H3. The van der Waals surface area contributed by atoms with Gasteiger partial charge in [0.05, 0.1) is 0 Å². The lowest BCUT2D eigenvalue weighted by Crippen LogP contribution is -1.95. The number of benzene rings is 1. The number of aromatic nitrogens is 3. The zero-order chi connectivity index (χ0) is 11.5. The largest absolute Gasteiger partial charge is 0.288 e. The monoisotopic (exact) mass is 235 g/mol. The molecule has 1 heterocycles. The van der Waals surface area contributed by atoms with Crippen LogP contribution in [0.5, 0.6) is 0 Å². The van der Waals surface area contributed by atoms with Crippen molar-refractivity contribution in [3.8, 4) is 5.69 Å². The minimum atomic E-state index is 0.488. The first-order valence-corrected chi connectivity index (χ1v) is 5.74. The summed E-state index contributed by atoms with van der Waals surface area (Å²) < 4.78 is 1.84. The lowest BCUT2D eigenvalue weighted by Gasteiger charge is -2.12. The molecule has 2 rings (SSSR count). The molecule has 0 spiro atoms. The van der Waals surface area contributed by atoms with Gasteiger partial charge in [-0.1, -0.05) is 31.5 Å². The van der Waals surface area contributed by atoms with Gasteiger partial charge in [-0.25, -0.2) is 0 Å². The van der Waals surface area contributed by atoms with Crippen molar-refractivity contribution in [2.24, 2.45) is 0 Å². The maximum absolute atomic E-state index is 6.27. The van der Waals surface area contributed by atoms with E-state index in [0.29, 0.717) is 5.92 Å². The second-order valence-corrected chi connectivity index (χ2v) is 4.29. The Kier molecular flexibility index (Phi) is 3.25. The normalized spacial score (nSPS) is 12.7. The quantitative estimate of drug-likeness (QED) is 0.816. The molecule has 0 aliphatic rings. The number of rotatable bonds is 3. The molecular weight excluding hydrogens is 222 g/mol. The molecule has 0 fully saturated rings. The van der Waals surface area contributed by atoms with E-state index >= 15 is 0 Å². The lowest BCUT2D eigenvalue weighted by atomic mass is 9.98. The summed E-state index contributed by atoms with van der Waals surface area (Å²) in [5, 5.41) is 8.35. The summed E-state index contributed by atoms with van der Waals surface area (Å²) in [6, 6.07) is 6.06. The minimum Gasteiger partial charge on any atom is -0.288 e. The number of nitrogens with zero attached hydrogens (tertiary/aromatic N) is 3. The molecule has 0 aliphatic heterocycles. The Morgan fingerprint density at radius 3 is 2.56 bits per heavy atom. The molecule has 1 aromatic carbocycles. The Morgan fingerprint density at radius 1 is 1.31 bits per heavy atom. The van der Waals surface area contributed by atoms with E-state index in [9.17, 15) is 0 Å². The maximum Gasteiger partial charge on any atom is 0.123 e. The molecular formula is C12H14ClN3. The Labute approximate surface area is 100 Å². The summed E-state index contributed by atoms with van der Waals surface area (Å²) >= 11 is 6.27. The fourth-order valence-corrected chi connectivity index (χ4v) is 1.99. The first-order chi connectivity index (χ1) is 7.72. The predicted molar refractivity (Wildman–Crippen MR) is 65.1 cm³/mol. The third-order valence-corrected chi connectivity index (χ3v) is 3.17. The van der Waals surface area contributed by atoms with Crippen LogP contribution in [0, 0.1) is 0 Å². The van der Waals surface area contributed by atoms with Crippen molar-refractivity contribution in [2.45, 2.75) is 26.2 Å². The van der Waals surface area contributed by atoms with Crippen LogP contribution in [0.15, 0.2) is 30.9 Å². The smallest absolute Gasteiger partial charge is 0.123 e. The van der Waals surface area contributed by atoms with E-state index in [4.69, 9.17) is 11.6 Å². The molecule has 1 unspecified atom stereocenters. The van der Waals surface area contributed by atoms with Gasteiger partial charge in [0.25, 0.3) is 0 Å². The van der Waals surface area contributed by atoms with E-state index in [0.717, 1.165) is 17.1 Å². The molecule has 0 saturated carbocycles. The summed E-state index contributed by atoms with van der Waals surface area (Å²) in [4.78, 5) is 0. The Balaban J connectivity index is 2.37. The Hall–Kier alpha value is -1.35. The molecule has 1 atom stereocenters. The number of hydrogen-bond acceptors (Lipinski definition) is 2. The number of halogens is 1. The van der Waals surface area contributed by atoms with Crippen LogP contribution in [0.25, 0.3) is 5.69 Å². The summed E-state index contributed by atoms with van der Waals surface area (Å²) in [5.41, 5.74) is 2.18. The van der Waals surface area contributed by atoms with Gasteiger partial charge in [0.15, 0.2) is 0 Å². The molecule has 3 nitrogen and oxygen atoms in total. The molecule has 4 heteroatoms. The zero-order valence-corrected chi connectivity index (χ0v) is 10.1. The highest BCUT2D eigenvalue weighted by atomic mass is 35.5. The molecule has 0 N–H and O–H groups in total. The van der Waals surface area contributed by atoms with Crippen molar-refractivity contribution < 1.29 is 0 Å². The molecule has 2 aromatic rings. The fourth-order valence-electron chi connectivity index (χ4n) is 1.63. The summed E-state index contributed by atoms with van der Waals surface area (Å²) in [5.74, 6) is 0.488. The van der Waals surface area contributed by atoms with Crippen LogP contribution in [0.4, 0.5) is 0 Å². The summed E-state index contributed by atoms with van der Waals surface area (Å²) in [6.45, 7) is 4.34. The van der Waals surface area contributed by atoms with Crippen LogP contribution in [0.3, 0.4) is 0 Å². The van der Waals surface area contributed by atoms with Crippen molar-refractivity contribution in [2.75, 3.05) is 0 Å². The van der Waals surface area contributed by atoms with Crippen LogP contribution in [0.1, 0.15) is 31.7 Å². The summed E-state index contributed by atoms with van der Waals surface area (Å²) in [6.07, 6.45) is 4.41. The van der Waals surface area contributed by atoms with Gasteiger partial charge < -0.3 is 0 Å². The average Bonchev–Trinajstić information content (AvgIpc) is 2.81. The third-order valence-electron chi connectivity index (χ3n) is 2.84. The van der Waals surface area contributed by atoms with E-state index in [2.05, 4.69) is 30.1 Å². The third kappa shape index (κ3) is 2.09. The van der Waals surface area contributed by atoms with Gasteiger partial charge in [-0.15, -0.1) is 10.2 Å². The second-order valence-electron chi connectivity index (χ2n) is 3.88. The van der Waals surface area contributed by atoms with Crippen molar-refractivity contribution in [1.29, 1.82) is 0 Å². The molecule has 0 bridgehead atoms. The highest BCUT2D eigenvalue weighted by Crippen LogP contribution is 2.28. The average molecular weight is 236 g/mol. The van der Waals surface area contributed by atoms with Crippen molar-refractivity contribution in [3.63, 3.8) is 0 Å². The van der Waals surface area contributed by atoms with Crippen molar-refractivity contribution >= 4 is 11.6 Å². The highest BCUT2D eigenvalue weighted by molar-refractivity contribution is 6.31. The molecule has 0 amide bonds. The van der Waals surface area contributed by atoms with Gasteiger partial charge in [-0.05, 0) is 30.0 Å². The Bertz CT molecular complexity index is 465. The first kappa shape index (κ1) is 11.1. The van der Waals surface area contributed by atoms with E-state index in [1.807, 2.05) is 16.7 Å². The lowest BCUT2D eigenvalue weighted by molar-refractivity contribution is 0.733.